The second-order valence-electron chi connectivity index (χ2n) is 5.43. The number of nitrogen functional groups attached to an aromatic ring is 1. The molecule has 2 aromatic rings. The van der Waals surface area contributed by atoms with E-state index in [0.717, 1.165) is 0 Å². The van der Waals surface area contributed by atoms with Gasteiger partial charge in [0, 0.05) is 37.2 Å². The van der Waals surface area contributed by atoms with Gasteiger partial charge in [-0.1, -0.05) is 0 Å². The number of ether oxygens (including phenoxy) is 2. The monoisotopic (exact) mass is 385 g/mol. The first kappa shape index (κ1) is 18.4. The molecule has 2 N–H and O–H groups in total. The van der Waals surface area contributed by atoms with E-state index in [0.29, 0.717) is 43.4 Å². The zero-order valence-corrected chi connectivity index (χ0v) is 14.7. The Morgan fingerprint density at radius 3 is 2.69 bits per heavy atom. The van der Waals surface area contributed by atoms with Crippen LogP contribution < -0.4 is 15.4 Å². The zero-order chi connectivity index (χ0) is 18.7. The SMILES string of the molecule is CS(=O)c1nc(-c2cnc(N)c(OC(F)F)c2)cc(N2CCOCC2)n1. The van der Waals surface area contributed by atoms with E-state index in [4.69, 9.17) is 10.5 Å². The van der Waals surface area contributed by atoms with Crippen molar-refractivity contribution in [3.05, 3.63) is 18.3 Å². The Morgan fingerprint density at radius 2 is 2.04 bits per heavy atom. The van der Waals surface area contributed by atoms with Crippen LogP contribution in [0.3, 0.4) is 0 Å². The van der Waals surface area contributed by atoms with Crippen LogP contribution in [0.25, 0.3) is 11.3 Å². The molecular formula is C15H17F2N5O3S. The fourth-order valence-electron chi connectivity index (χ4n) is 2.43. The molecule has 0 radical (unpaired) electrons. The molecule has 0 spiro atoms. The summed E-state index contributed by atoms with van der Waals surface area (Å²) in [6.45, 7) is -0.653. The van der Waals surface area contributed by atoms with Crippen LogP contribution in [0.4, 0.5) is 20.4 Å². The molecule has 1 saturated heterocycles. The molecule has 1 aliphatic heterocycles. The van der Waals surface area contributed by atoms with Gasteiger partial charge in [0.2, 0.25) is 5.16 Å². The summed E-state index contributed by atoms with van der Waals surface area (Å²) >= 11 is 0. The summed E-state index contributed by atoms with van der Waals surface area (Å²) in [7, 11) is -1.42. The maximum Gasteiger partial charge on any atom is 0.387 e. The van der Waals surface area contributed by atoms with Crippen molar-refractivity contribution in [1.82, 2.24) is 15.0 Å². The standard InChI is InChI=1S/C15H17F2N5O3S/c1-26(23)15-20-10(7-12(21-15)22-2-4-24-5-3-22)9-6-11(25-14(16)17)13(18)19-8-9/h6-8,14H,2-5H2,1H3,(H2,18,19). The molecule has 0 bridgehead atoms. The summed E-state index contributed by atoms with van der Waals surface area (Å²) < 4.78 is 46.7. The van der Waals surface area contributed by atoms with Crippen LogP contribution in [0, 0.1) is 0 Å². The topological polar surface area (TPSA) is 103 Å². The summed E-state index contributed by atoms with van der Waals surface area (Å²) in [6.07, 6.45) is 2.86. The Kier molecular flexibility index (Phi) is 5.57. The molecule has 2 aromatic heterocycles. The number of hydrogen-bond acceptors (Lipinski definition) is 8. The summed E-state index contributed by atoms with van der Waals surface area (Å²) in [5.74, 6) is 0.177. The maximum atomic E-state index is 12.5. The van der Waals surface area contributed by atoms with Gasteiger partial charge in [0.15, 0.2) is 11.6 Å². The van der Waals surface area contributed by atoms with Crippen LogP contribution in [0.15, 0.2) is 23.5 Å². The van der Waals surface area contributed by atoms with Gasteiger partial charge in [-0.2, -0.15) is 8.78 Å². The first-order chi connectivity index (χ1) is 12.4. The highest BCUT2D eigenvalue weighted by Crippen LogP contribution is 2.29. The van der Waals surface area contributed by atoms with Crippen LogP contribution in [0.5, 0.6) is 5.75 Å². The Balaban J connectivity index is 2.03. The van der Waals surface area contributed by atoms with Gasteiger partial charge in [-0.15, -0.1) is 0 Å². The van der Waals surface area contributed by atoms with Gasteiger partial charge >= 0.3 is 6.61 Å². The number of halogens is 2. The normalized spacial score (nSPS) is 15.9. The minimum absolute atomic E-state index is 0.136. The highest BCUT2D eigenvalue weighted by atomic mass is 32.2. The maximum absolute atomic E-state index is 12.5. The van der Waals surface area contributed by atoms with E-state index >= 15 is 0 Å². The van der Waals surface area contributed by atoms with Gasteiger partial charge in [-0.25, -0.2) is 15.0 Å². The molecule has 1 atom stereocenters. The lowest BCUT2D eigenvalue weighted by molar-refractivity contribution is -0.0494. The number of rotatable bonds is 5. The van der Waals surface area contributed by atoms with Gasteiger partial charge in [0.1, 0.15) is 5.82 Å². The Labute approximate surface area is 150 Å². The van der Waals surface area contributed by atoms with Crippen LogP contribution >= 0.6 is 0 Å². The molecule has 3 heterocycles. The summed E-state index contributed by atoms with van der Waals surface area (Å²) in [6, 6.07) is 3.00. The molecule has 1 unspecified atom stereocenters. The smallest absolute Gasteiger partial charge is 0.387 e. The molecule has 0 amide bonds. The summed E-state index contributed by atoms with van der Waals surface area (Å²) in [4.78, 5) is 14.4. The predicted molar refractivity (Wildman–Crippen MR) is 91.7 cm³/mol. The number of aromatic nitrogens is 3. The third kappa shape index (κ3) is 4.22. The molecule has 3 rings (SSSR count). The molecule has 1 fully saturated rings. The number of nitrogens with zero attached hydrogens (tertiary/aromatic N) is 4. The number of morpholine rings is 1. The van der Waals surface area contributed by atoms with Gasteiger partial charge in [0.05, 0.1) is 29.7 Å². The Morgan fingerprint density at radius 1 is 1.31 bits per heavy atom. The number of hydrogen-bond donors (Lipinski definition) is 1. The van der Waals surface area contributed by atoms with Gasteiger partial charge in [-0.3, -0.25) is 4.21 Å². The summed E-state index contributed by atoms with van der Waals surface area (Å²) in [5, 5.41) is 0.136. The van der Waals surface area contributed by atoms with Gasteiger partial charge in [0.25, 0.3) is 0 Å². The van der Waals surface area contributed by atoms with Crippen LogP contribution in [0.1, 0.15) is 0 Å². The van der Waals surface area contributed by atoms with Crippen molar-refractivity contribution in [3.63, 3.8) is 0 Å². The first-order valence-corrected chi connectivity index (χ1v) is 9.26. The van der Waals surface area contributed by atoms with Crippen molar-refractivity contribution < 1.29 is 22.5 Å². The molecule has 26 heavy (non-hydrogen) atoms. The first-order valence-electron chi connectivity index (χ1n) is 7.70. The van der Waals surface area contributed by atoms with E-state index < -0.39 is 17.4 Å². The average molecular weight is 385 g/mol. The Bertz CT molecular complexity index is 818. The van der Waals surface area contributed by atoms with Crippen molar-refractivity contribution in [2.45, 2.75) is 11.8 Å². The third-order valence-corrected chi connectivity index (χ3v) is 4.37. The van der Waals surface area contributed by atoms with Crippen LogP contribution in [-0.2, 0) is 15.5 Å². The summed E-state index contributed by atoms with van der Waals surface area (Å²) in [5.41, 5.74) is 6.36. The van der Waals surface area contributed by atoms with E-state index in [-0.39, 0.29) is 16.7 Å². The number of alkyl halides is 2. The quantitative estimate of drug-likeness (QED) is 0.768. The lowest BCUT2D eigenvalue weighted by Gasteiger charge is -2.28. The highest BCUT2D eigenvalue weighted by molar-refractivity contribution is 7.84. The molecule has 0 aliphatic carbocycles. The Hall–Kier alpha value is -2.40. The molecule has 0 saturated carbocycles. The molecule has 1 aliphatic rings. The number of anilines is 2. The van der Waals surface area contributed by atoms with E-state index in [2.05, 4.69) is 19.7 Å². The molecule has 0 aromatic carbocycles. The van der Waals surface area contributed by atoms with E-state index in [1.165, 1.54) is 18.5 Å². The van der Waals surface area contributed by atoms with Crippen molar-refractivity contribution in [2.24, 2.45) is 0 Å². The molecule has 8 nitrogen and oxygen atoms in total. The lowest BCUT2D eigenvalue weighted by Crippen LogP contribution is -2.37. The molecule has 140 valence electrons. The number of nitrogens with two attached hydrogens (primary N) is 1. The van der Waals surface area contributed by atoms with Crippen molar-refractivity contribution in [3.8, 4) is 17.0 Å². The van der Waals surface area contributed by atoms with Crippen molar-refractivity contribution in [1.29, 1.82) is 0 Å². The third-order valence-electron chi connectivity index (χ3n) is 3.68. The minimum atomic E-state index is -3.03. The second-order valence-corrected chi connectivity index (χ2v) is 6.71. The zero-order valence-electron chi connectivity index (χ0n) is 13.9. The van der Waals surface area contributed by atoms with E-state index in [9.17, 15) is 13.0 Å². The second kappa shape index (κ2) is 7.87. The largest absolute Gasteiger partial charge is 0.431 e. The predicted octanol–water partition coefficient (Wildman–Crippen LogP) is 1.30. The van der Waals surface area contributed by atoms with E-state index in [1.54, 1.807) is 6.07 Å². The minimum Gasteiger partial charge on any atom is -0.431 e. The van der Waals surface area contributed by atoms with Gasteiger partial charge in [-0.05, 0) is 6.07 Å². The fourth-order valence-corrected chi connectivity index (χ4v) is 2.88. The average Bonchev–Trinajstić information content (AvgIpc) is 2.63. The molecule has 11 heteroatoms. The van der Waals surface area contributed by atoms with Crippen LogP contribution in [-0.4, -0.2) is 58.3 Å². The van der Waals surface area contributed by atoms with Crippen molar-refractivity contribution >= 4 is 22.4 Å². The number of pyridine rings is 1. The molecular weight excluding hydrogens is 368 g/mol. The lowest BCUT2D eigenvalue weighted by atomic mass is 10.2. The van der Waals surface area contributed by atoms with Gasteiger partial charge < -0.3 is 20.1 Å². The highest BCUT2D eigenvalue weighted by Gasteiger charge is 2.18. The van der Waals surface area contributed by atoms with E-state index in [1.807, 2.05) is 4.90 Å². The van der Waals surface area contributed by atoms with Crippen molar-refractivity contribution in [2.75, 3.05) is 43.2 Å². The van der Waals surface area contributed by atoms with Crippen LogP contribution in [0.2, 0.25) is 0 Å². The fraction of sp³-hybridized carbons (Fsp3) is 0.400.